The summed E-state index contributed by atoms with van der Waals surface area (Å²) in [5.74, 6) is -1.40. The van der Waals surface area contributed by atoms with Gasteiger partial charge < -0.3 is 16.2 Å². The summed E-state index contributed by atoms with van der Waals surface area (Å²) >= 11 is 0.955. The summed E-state index contributed by atoms with van der Waals surface area (Å²) in [6, 6.07) is 0. The highest BCUT2D eigenvalue weighted by molar-refractivity contribution is 7.11. The van der Waals surface area contributed by atoms with Crippen molar-refractivity contribution in [2.75, 3.05) is 11.9 Å². The minimum absolute atomic E-state index is 0.0466. The van der Waals surface area contributed by atoms with Crippen LogP contribution in [0.3, 0.4) is 0 Å². The first-order valence-corrected chi connectivity index (χ1v) is 5.03. The van der Waals surface area contributed by atoms with Gasteiger partial charge in [0.1, 0.15) is 10.6 Å². The van der Waals surface area contributed by atoms with Crippen LogP contribution in [0.4, 0.5) is 5.00 Å². The van der Waals surface area contributed by atoms with Crippen molar-refractivity contribution in [2.24, 2.45) is 5.73 Å². The molecule has 0 saturated carbocycles. The molecule has 4 N–H and O–H groups in total. The zero-order valence-corrected chi connectivity index (χ0v) is 8.93. The second kappa shape index (κ2) is 4.85. The van der Waals surface area contributed by atoms with Gasteiger partial charge in [0, 0.05) is 13.0 Å². The number of anilines is 1. The van der Waals surface area contributed by atoms with Crippen molar-refractivity contribution in [1.29, 1.82) is 0 Å². The molecule has 1 amide bonds. The molecule has 0 aliphatic rings. The minimum atomic E-state index is -1.09. The Balaban J connectivity index is 2.86. The number of carboxylic acids is 1. The fourth-order valence-electron chi connectivity index (χ4n) is 1.03. The Morgan fingerprint density at radius 2 is 2.27 bits per heavy atom. The highest BCUT2D eigenvalue weighted by Gasteiger charge is 2.18. The number of aromatic nitrogens is 1. The van der Waals surface area contributed by atoms with Crippen molar-refractivity contribution < 1.29 is 14.7 Å². The number of aryl methyl sites for hydroxylation is 1. The van der Waals surface area contributed by atoms with Gasteiger partial charge in [-0.2, -0.15) is 4.37 Å². The number of hydrogen-bond acceptors (Lipinski definition) is 5. The van der Waals surface area contributed by atoms with Crippen molar-refractivity contribution in [3.8, 4) is 0 Å². The largest absolute Gasteiger partial charge is 0.478 e. The fourth-order valence-corrected chi connectivity index (χ4v) is 1.83. The van der Waals surface area contributed by atoms with Gasteiger partial charge in [0.15, 0.2) is 0 Å². The van der Waals surface area contributed by atoms with Gasteiger partial charge in [0.25, 0.3) is 0 Å². The molecule has 7 heteroatoms. The predicted molar refractivity (Wildman–Crippen MR) is 56.1 cm³/mol. The third-order valence-electron chi connectivity index (χ3n) is 1.70. The lowest BCUT2D eigenvalue weighted by Crippen LogP contribution is -2.17. The molecule has 0 fully saturated rings. The van der Waals surface area contributed by atoms with Crippen molar-refractivity contribution in [1.82, 2.24) is 4.37 Å². The van der Waals surface area contributed by atoms with Gasteiger partial charge in [-0.25, -0.2) is 4.79 Å². The molecule has 0 saturated heterocycles. The van der Waals surface area contributed by atoms with E-state index in [-0.39, 0.29) is 29.4 Å². The number of rotatable bonds is 4. The van der Waals surface area contributed by atoms with Crippen molar-refractivity contribution in [3.05, 3.63) is 11.3 Å². The molecule has 0 spiro atoms. The van der Waals surface area contributed by atoms with Crippen LogP contribution in [0, 0.1) is 6.92 Å². The van der Waals surface area contributed by atoms with Gasteiger partial charge in [-0.1, -0.05) is 0 Å². The normalized spacial score (nSPS) is 10.0. The van der Waals surface area contributed by atoms with E-state index in [2.05, 4.69) is 9.69 Å². The first-order valence-electron chi connectivity index (χ1n) is 4.25. The van der Waals surface area contributed by atoms with Crippen molar-refractivity contribution >= 4 is 28.4 Å². The van der Waals surface area contributed by atoms with Crippen LogP contribution in [0.5, 0.6) is 0 Å². The van der Waals surface area contributed by atoms with E-state index >= 15 is 0 Å². The van der Waals surface area contributed by atoms with Gasteiger partial charge in [-0.15, -0.1) is 0 Å². The number of carbonyl (C=O) groups excluding carboxylic acids is 1. The van der Waals surface area contributed by atoms with Gasteiger partial charge in [0.2, 0.25) is 5.91 Å². The Kier molecular flexibility index (Phi) is 3.75. The smallest absolute Gasteiger partial charge is 0.340 e. The molecule has 1 aromatic rings. The first-order chi connectivity index (χ1) is 7.06. The lowest BCUT2D eigenvalue weighted by atomic mass is 10.2. The molecule has 0 atom stereocenters. The second-order valence-corrected chi connectivity index (χ2v) is 3.64. The number of nitrogens with one attached hydrogen (secondary N) is 1. The number of nitrogens with two attached hydrogens (primary N) is 1. The average Bonchev–Trinajstić information content (AvgIpc) is 2.47. The number of amides is 1. The Hall–Kier alpha value is -1.47. The molecule has 0 radical (unpaired) electrons. The fraction of sp³-hybridized carbons (Fsp3) is 0.375. The van der Waals surface area contributed by atoms with Crippen LogP contribution in [-0.4, -0.2) is 27.9 Å². The van der Waals surface area contributed by atoms with Gasteiger partial charge in [-0.3, -0.25) is 4.79 Å². The molecular weight excluding hydrogens is 218 g/mol. The number of carboxylic acid groups (broad SMARTS) is 1. The monoisotopic (exact) mass is 229 g/mol. The van der Waals surface area contributed by atoms with Crippen LogP contribution >= 0.6 is 11.5 Å². The van der Waals surface area contributed by atoms with E-state index in [9.17, 15) is 9.59 Å². The van der Waals surface area contributed by atoms with Crippen LogP contribution in [0.15, 0.2) is 0 Å². The molecule has 0 unspecified atom stereocenters. The second-order valence-electron chi connectivity index (χ2n) is 2.86. The predicted octanol–water partition coefficient (Wildman–Crippen LogP) is 0.437. The topological polar surface area (TPSA) is 105 Å². The third-order valence-corrected chi connectivity index (χ3v) is 2.55. The summed E-state index contributed by atoms with van der Waals surface area (Å²) in [6.45, 7) is 1.81. The Morgan fingerprint density at radius 1 is 1.60 bits per heavy atom. The number of carbonyl (C=O) groups is 2. The summed E-state index contributed by atoms with van der Waals surface area (Å²) in [4.78, 5) is 22.0. The number of hydrogen-bond donors (Lipinski definition) is 3. The van der Waals surface area contributed by atoms with E-state index in [1.807, 2.05) is 0 Å². The summed E-state index contributed by atoms with van der Waals surface area (Å²) in [6.07, 6.45) is 0.163. The molecule has 1 rings (SSSR count). The lowest BCUT2D eigenvalue weighted by molar-refractivity contribution is -0.116. The quantitative estimate of drug-likeness (QED) is 0.694. The summed E-state index contributed by atoms with van der Waals surface area (Å²) < 4.78 is 3.87. The van der Waals surface area contributed by atoms with E-state index in [1.54, 1.807) is 6.92 Å². The van der Waals surface area contributed by atoms with Crippen LogP contribution < -0.4 is 11.1 Å². The minimum Gasteiger partial charge on any atom is -0.478 e. The third kappa shape index (κ3) is 2.74. The highest BCUT2D eigenvalue weighted by Crippen LogP contribution is 2.24. The van der Waals surface area contributed by atoms with Gasteiger partial charge in [0.05, 0.1) is 5.69 Å². The molecule has 15 heavy (non-hydrogen) atoms. The Morgan fingerprint density at radius 3 is 2.80 bits per heavy atom. The lowest BCUT2D eigenvalue weighted by Gasteiger charge is -2.01. The summed E-state index contributed by atoms with van der Waals surface area (Å²) in [5.41, 5.74) is 5.64. The molecular formula is C8H11N3O3S. The molecule has 1 heterocycles. The van der Waals surface area contributed by atoms with E-state index in [0.29, 0.717) is 5.69 Å². The Bertz CT molecular complexity index is 388. The molecule has 0 bridgehead atoms. The molecule has 0 aliphatic heterocycles. The molecule has 82 valence electrons. The van der Waals surface area contributed by atoms with E-state index < -0.39 is 5.97 Å². The number of aromatic carboxylic acids is 1. The van der Waals surface area contributed by atoms with Crippen LogP contribution in [0.1, 0.15) is 22.5 Å². The van der Waals surface area contributed by atoms with Crippen LogP contribution in [-0.2, 0) is 4.79 Å². The molecule has 0 aromatic carbocycles. The number of nitrogens with zero attached hydrogens (tertiary/aromatic N) is 1. The molecule has 0 aliphatic carbocycles. The van der Waals surface area contributed by atoms with E-state index in [4.69, 9.17) is 10.8 Å². The zero-order chi connectivity index (χ0) is 11.4. The SMILES string of the molecule is Cc1nsc(NC(=O)CCN)c1C(=O)O. The standard InChI is InChI=1S/C8H11N3O3S/c1-4-6(8(13)14)7(15-11-4)10-5(12)2-3-9/h2-3,9H2,1H3,(H,10,12)(H,13,14). The average molecular weight is 229 g/mol. The van der Waals surface area contributed by atoms with Gasteiger partial charge >= 0.3 is 5.97 Å². The van der Waals surface area contributed by atoms with Crippen LogP contribution in [0.25, 0.3) is 0 Å². The zero-order valence-electron chi connectivity index (χ0n) is 8.11. The van der Waals surface area contributed by atoms with Crippen molar-refractivity contribution in [2.45, 2.75) is 13.3 Å². The maximum Gasteiger partial charge on any atom is 0.340 e. The Labute approximate surface area is 90.3 Å². The van der Waals surface area contributed by atoms with Crippen molar-refractivity contribution in [3.63, 3.8) is 0 Å². The maximum atomic E-state index is 11.2. The first kappa shape index (κ1) is 11.6. The maximum absolute atomic E-state index is 11.2. The van der Waals surface area contributed by atoms with Gasteiger partial charge in [-0.05, 0) is 18.5 Å². The van der Waals surface area contributed by atoms with E-state index in [1.165, 1.54) is 0 Å². The van der Waals surface area contributed by atoms with Crippen LogP contribution in [0.2, 0.25) is 0 Å². The van der Waals surface area contributed by atoms with E-state index in [0.717, 1.165) is 11.5 Å². The summed E-state index contributed by atoms with van der Waals surface area (Å²) in [7, 11) is 0. The highest BCUT2D eigenvalue weighted by atomic mass is 32.1. The molecule has 1 aromatic heterocycles. The molecule has 6 nitrogen and oxygen atoms in total. The summed E-state index contributed by atoms with van der Waals surface area (Å²) in [5, 5.41) is 11.6.